The second-order valence-corrected chi connectivity index (χ2v) is 5.64. The molecule has 118 valence electrons. The maximum Gasteiger partial charge on any atom is 0.247 e. The maximum atomic E-state index is 13.6. The van der Waals surface area contributed by atoms with Crippen LogP contribution in [0.5, 0.6) is 0 Å². The molecule has 0 spiro atoms. The topological polar surface area (TPSA) is 58.2 Å². The molecule has 5 heteroatoms. The zero-order valence-electron chi connectivity index (χ0n) is 12.5. The SMILES string of the molecule is C=CC(=O)Nc1cc(NC(=O)CC2CCCCC2)ccc1F. The molecule has 0 atom stereocenters. The highest BCUT2D eigenvalue weighted by Gasteiger charge is 2.17. The minimum atomic E-state index is -0.555. The van der Waals surface area contributed by atoms with Gasteiger partial charge in [0.05, 0.1) is 5.69 Å². The molecule has 22 heavy (non-hydrogen) atoms. The van der Waals surface area contributed by atoms with Crippen molar-refractivity contribution in [3.63, 3.8) is 0 Å². The predicted molar refractivity (Wildman–Crippen MR) is 85.0 cm³/mol. The third-order valence-corrected chi connectivity index (χ3v) is 3.89. The Hall–Kier alpha value is -2.17. The van der Waals surface area contributed by atoms with E-state index in [1.54, 1.807) is 0 Å². The molecular formula is C17H21FN2O2. The summed E-state index contributed by atoms with van der Waals surface area (Å²) in [5, 5.41) is 5.14. The Kier molecular flexibility index (Phi) is 5.69. The van der Waals surface area contributed by atoms with Crippen LogP contribution in [-0.2, 0) is 9.59 Å². The number of hydrogen-bond acceptors (Lipinski definition) is 2. The molecule has 4 nitrogen and oxygen atoms in total. The fourth-order valence-electron chi connectivity index (χ4n) is 2.75. The smallest absolute Gasteiger partial charge is 0.247 e. The van der Waals surface area contributed by atoms with Crippen molar-refractivity contribution in [2.45, 2.75) is 38.5 Å². The summed E-state index contributed by atoms with van der Waals surface area (Å²) in [5.74, 6) is -0.682. The molecule has 2 amide bonds. The Balaban J connectivity index is 1.96. The van der Waals surface area contributed by atoms with Crippen LogP contribution in [-0.4, -0.2) is 11.8 Å². The van der Waals surface area contributed by atoms with Gasteiger partial charge in [-0.3, -0.25) is 9.59 Å². The second kappa shape index (κ2) is 7.73. The van der Waals surface area contributed by atoms with E-state index in [1.165, 1.54) is 37.5 Å². The third-order valence-electron chi connectivity index (χ3n) is 3.89. The first-order valence-electron chi connectivity index (χ1n) is 7.61. The standard InChI is InChI=1S/C17H21FN2O2/c1-2-16(21)20-15-11-13(8-9-14(15)18)19-17(22)10-12-6-4-3-5-7-12/h2,8-9,11-12H,1,3-7,10H2,(H,19,22)(H,20,21). The monoisotopic (exact) mass is 304 g/mol. The molecule has 0 aromatic heterocycles. The summed E-state index contributed by atoms with van der Waals surface area (Å²) in [6.45, 7) is 3.32. The van der Waals surface area contributed by atoms with Crippen molar-refractivity contribution in [1.29, 1.82) is 0 Å². The number of anilines is 2. The van der Waals surface area contributed by atoms with Gasteiger partial charge in [0.15, 0.2) is 0 Å². The molecule has 0 heterocycles. The van der Waals surface area contributed by atoms with Crippen LogP contribution in [0, 0.1) is 11.7 Å². The van der Waals surface area contributed by atoms with E-state index >= 15 is 0 Å². The average Bonchev–Trinajstić information content (AvgIpc) is 2.51. The first-order valence-corrected chi connectivity index (χ1v) is 7.61. The number of carbonyl (C=O) groups is 2. The second-order valence-electron chi connectivity index (χ2n) is 5.64. The fourth-order valence-corrected chi connectivity index (χ4v) is 2.75. The molecule has 1 aliphatic rings. The zero-order chi connectivity index (χ0) is 15.9. The van der Waals surface area contributed by atoms with Crippen LogP contribution < -0.4 is 10.6 Å². The van der Waals surface area contributed by atoms with Crippen molar-refractivity contribution in [2.24, 2.45) is 5.92 Å². The van der Waals surface area contributed by atoms with E-state index in [9.17, 15) is 14.0 Å². The lowest BCUT2D eigenvalue weighted by atomic mass is 9.87. The van der Waals surface area contributed by atoms with E-state index in [4.69, 9.17) is 0 Å². The molecule has 2 rings (SSSR count). The number of rotatable bonds is 5. The van der Waals surface area contributed by atoms with Crippen molar-refractivity contribution < 1.29 is 14.0 Å². The summed E-state index contributed by atoms with van der Waals surface area (Å²) in [6, 6.07) is 4.11. The third kappa shape index (κ3) is 4.69. The maximum absolute atomic E-state index is 13.6. The fraction of sp³-hybridized carbons (Fsp3) is 0.412. The number of carbonyl (C=O) groups excluding carboxylic acids is 2. The number of benzene rings is 1. The number of nitrogens with one attached hydrogen (secondary N) is 2. The summed E-state index contributed by atoms with van der Waals surface area (Å²) in [6.07, 6.45) is 7.37. The first-order chi connectivity index (χ1) is 10.6. The molecule has 0 unspecified atom stereocenters. The van der Waals surface area contributed by atoms with Gasteiger partial charge in [0.1, 0.15) is 5.82 Å². The average molecular weight is 304 g/mol. The molecule has 1 aliphatic carbocycles. The summed E-state index contributed by atoms with van der Waals surface area (Å²) < 4.78 is 13.6. The van der Waals surface area contributed by atoms with Gasteiger partial charge in [-0.05, 0) is 43.0 Å². The van der Waals surface area contributed by atoms with Crippen molar-refractivity contribution in [2.75, 3.05) is 10.6 Å². The molecule has 1 aromatic carbocycles. The lowest BCUT2D eigenvalue weighted by Crippen LogP contribution is -2.18. The molecule has 1 fully saturated rings. The highest BCUT2D eigenvalue weighted by molar-refractivity contribution is 5.99. The van der Waals surface area contributed by atoms with Gasteiger partial charge in [-0.15, -0.1) is 0 Å². The van der Waals surface area contributed by atoms with Gasteiger partial charge >= 0.3 is 0 Å². The van der Waals surface area contributed by atoms with Gasteiger partial charge in [0.2, 0.25) is 11.8 Å². The molecular weight excluding hydrogens is 283 g/mol. The molecule has 0 bridgehead atoms. The van der Waals surface area contributed by atoms with Gasteiger partial charge in [-0.25, -0.2) is 4.39 Å². The zero-order valence-corrected chi connectivity index (χ0v) is 12.5. The predicted octanol–water partition coefficient (Wildman–Crippen LogP) is 3.86. The highest BCUT2D eigenvalue weighted by atomic mass is 19.1. The van der Waals surface area contributed by atoms with Crippen LogP contribution in [0.25, 0.3) is 0 Å². The van der Waals surface area contributed by atoms with Crippen LogP contribution >= 0.6 is 0 Å². The Bertz CT molecular complexity index is 566. The van der Waals surface area contributed by atoms with Gasteiger partial charge in [0.25, 0.3) is 0 Å². The van der Waals surface area contributed by atoms with E-state index in [1.807, 2.05) is 0 Å². The summed E-state index contributed by atoms with van der Waals surface area (Å²) in [7, 11) is 0. The van der Waals surface area contributed by atoms with E-state index in [-0.39, 0.29) is 11.6 Å². The van der Waals surface area contributed by atoms with Gasteiger partial charge in [-0.1, -0.05) is 25.8 Å². The molecule has 0 aliphatic heterocycles. The van der Waals surface area contributed by atoms with E-state index in [0.29, 0.717) is 18.0 Å². The summed E-state index contributed by atoms with van der Waals surface area (Å²) >= 11 is 0. The first kappa shape index (κ1) is 16.2. The Morgan fingerprint density at radius 3 is 2.64 bits per heavy atom. The molecule has 1 saturated carbocycles. The van der Waals surface area contributed by atoms with E-state index < -0.39 is 11.7 Å². The minimum Gasteiger partial charge on any atom is -0.326 e. The normalized spacial score (nSPS) is 15.1. The number of halogens is 1. The van der Waals surface area contributed by atoms with Gasteiger partial charge < -0.3 is 10.6 Å². The van der Waals surface area contributed by atoms with Crippen LogP contribution in [0.3, 0.4) is 0 Å². The Morgan fingerprint density at radius 2 is 1.95 bits per heavy atom. The summed E-state index contributed by atoms with van der Waals surface area (Å²) in [4.78, 5) is 23.3. The lowest BCUT2D eigenvalue weighted by Gasteiger charge is -2.20. The van der Waals surface area contributed by atoms with E-state index in [2.05, 4.69) is 17.2 Å². The van der Waals surface area contributed by atoms with Crippen LogP contribution in [0.1, 0.15) is 38.5 Å². The van der Waals surface area contributed by atoms with Crippen molar-refractivity contribution >= 4 is 23.2 Å². The van der Waals surface area contributed by atoms with Crippen molar-refractivity contribution in [1.82, 2.24) is 0 Å². The van der Waals surface area contributed by atoms with Crippen molar-refractivity contribution in [3.05, 3.63) is 36.7 Å². The summed E-state index contributed by atoms with van der Waals surface area (Å²) in [5.41, 5.74) is 0.502. The van der Waals surface area contributed by atoms with Crippen LogP contribution in [0.4, 0.5) is 15.8 Å². The molecule has 2 N–H and O–H groups in total. The number of amides is 2. The van der Waals surface area contributed by atoms with Gasteiger partial charge in [0, 0.05) is 12.1 Å². The quantitative estimate of drug-likeness (QED) is 0.812. The largest absolute Gasteiger partial charge is 0.326 e. The minimum absolute atomic E-state index is 0.0281. The van der Waals surface area contributed by atoms with Crippen LogP contribution in [0.15, 0.2) is 30.9 Å². The Labute approximate surface area is 129 Å². The highest BCUT2D eigenvalue weighted by Crippen LogP contribution is 2.27. The number of hydrogen-bond donors (Lipinski definition) is 2. The molecule has 1 aromatic rings. The molecule has 0 saturated heterocycles. The van der Waals surface area contributed by atoms with Crippen LogP contribution in [0.2, 0.25) is 0 Å². The van der Waals surface area contributed by atoms with Gasteiger partial charge in [-0.2, -0.15) is 0 Å². The van der Waals surface area contributed by atoms with E-state index in [0.717, 1.165) is 18.9 Å². The van der Waals surface area contributed by atoms with Crippen molar-refractivity contribution in [3.8, 4) is 0 Å². The Morgan fingerprint density at radius 1 is 1.23 bits per heavy atom. The lowest BCUT2D eigenvalue weighted by molar-refractivity contribution is -0.117. The molecule has 0 radical (unpaired) electrons.